The molecular weight excluding hydrogens is 427 g/mol. The SMILES string of the molecule is COc1ccccc1-c1cn(N=C2CCc3c(C(N)=NO)cccc32)c(N)n1.Cl.Cl. The number of ether oxygens (including phenoxy) is 1. The van der Waals surface area contributed by atoms with Crippen LogP contribution in [0.4, 0.5) is 5.95 Å². The van der Waals surface area contributed by atoms with Crippen LogP contribution in [0.15, 0.2) is 58.9 Å². The number of fused-ring (bicyclic) bond motifs is 1. The number of hydrogen-bond acceptors (Lipinski definition) is 6. The van der Waals surface area contributed by atoms with Crippen LogP contribution in [0, 0.1) is 0 Å². The summed E-state index contributed by atoms with van der Waals surface area (Å²) >= 11 is 0. The molecule has 0 saturated heterocycles. The highest BCUT2D eigenvalue weighted by Gasteiger charge is 2.23. The number of methoxy groups -OCH3 is 1. The van der Waals surface area contributed by atoms with Crippen molar-refractivity contribution in [2.45, 2.75) is 12.8 Å². The Bertz CT molecular complexity index is 1110. The zero-order valence-electron chi connectivity index (χ0n) is 16.1. The number of nitrogens with two attached hydrogens (primary N) is 2. The van der Waals surface area contributed by atoms with Gasteiger partial charge >= 0.3 is 0 Å². The molecule has 10 heteroatoms. The number of amidine groups is 1. The molecule has 1 aromatic heterocycles. The van der Waals surface area contributed by atoms with Gasteiger partial charge in [-0.3, -0.25) is 0 Å². The van der Waals surface area contributed by atoms with E-state index in [0.717, 1.165) is 46.6 Å². The minimum atomic E-state index is 0. The zero-order valence-corrected chi connectivity index (χ0v) is 17.8. The van der Waals surface area contributed by atoms with Crippen molar-refractivity contribution in [1.29, 1.82) is 0 Å². The lowest BCUT2D eigenvalue weighted by atomic mass is 10.0. The average Bonchev–Trinajstić information content (AvgIpc) is 3.31. The third-order valence-corrected chi connectivity index (χ3v) is 4.81. The van der Waals surface area contributed by atoms with Gasteiger partial charge in [0.15, 0.2) is 5.84 Å². The predicted molar refractivity (Wildman–Crippen MR) is 122 cm³/mol. The molecule has 0 unspecified atom stereocenters. The largest absolute Gasteiger partial charge is 0.496 e. The number of hydrogen-bond donors (Lipinski definition) is 3. The first-order valence-electron chi connectivity index (χ1n) is 8.78. The van der Waals surface area contributed by atoms with E-state index in [4.69, 9.17) is 21.4 Å². The van der Waals surface area contributed by atoms with Crippen LogP contribution in [0.1, 0.15) is 23.1 Å². The van der Waals surface area contributed by atoms with Gasteiger partial charge in [0.2, 0.25) is 5.95 Å². The zero-order chi connectivity index (χ0) is 19.7. The molecule has 8 nitrogen and oxygen atoms in total. The van der Waals surface area contributed by atoms with Crippen molar-refractivity contribution >= 4 is 42.3 Å². The van der Waals surface area contributed by atoms with Gasteiger partial charge in [-0.25, -0.2) is 9.66 Å². The van der Waals surface area contributed by atoms with Gasteiger partial charge in [0.25, 0.3) is 0 Å². The second-order valence-corrected chi connectivity index (χ2v) is 6.39. The first-order valence-corrected chi connectivity index (χ1v) is 8.78. The Morgan fingerprint density at radius 1 is 1.10 bits per heavy atom. The molecular formula is C20H22Cl2N6O2. The van der Waals surface area contributed by atoms with E-state index < -0.39 is 0 Å². The van der Waals surface area contributed by atoms with Gasteiger partial charge in [-0.1, -0.05) is 35.5 Å². The van der Waals surface area contributed by atoms with Crippen molar-refractivity contribution in [3.8, 4) is 17.0 Å². The predicted octanol–water partition coefficient (Wildman–Crippen LogP) is 3.28. The van der Waals surface area contributed by atoms with Gasteiger partial charge in [0.05, 0.1) is 24.7 Å². The molecule has 5 N–H and O–H groups in total. The maximum absolute atomic E-state index is 9.00. The van der Waals surface area contributed by atoms with E-state index >= 15 is 0 Å². The molecule has 158 valence electrons. The Balaban J connectivity index is 0.00000160. The van der Waals surface area contributed by atoms with Crippen LogP contribution < -0.4 is 16.2 Å². The lowest BCUT2D eigenvalue weighted by molar-refractivity contribution is 0.318. The fraction of sp³-hybridized carbons (Fsp3) is 0.150. The summed E-state index contributed by atoms with van der Waals surface area (Å²) in [6.07, 6.45) is 3.27. The van der Waals surface area contributed by atoms with E-state index in [-0.39, 0.29) is 36.6 Å². The second-order valence-electron chi connectivity index (χ2n) is 6.39. The summed E-state index contributed by atoms with van der Waals surface area (Å²) in [6, 6.07) is 13.3. The first-order chi connectivity index (χ1) is 13.6. The highest BCUT2D eigenvalue weighted by atomic mass is 35.5. The maximum atomic E-state index is 9.00. The Morgan fingerprint density at radius 3 is 2.57 bits per heavy atom. The molecule has 1 heterocycles. The topological polar surface area (TPSA) is 124 Å². The van der Waals surface area contributed by atoms with Gasteiger partial charge in [-0.2, -0.15) is 5.10 Å². The number of nitrogen functional groups attached to an aromatic ring is 1. The number of benzene rings is 2. The van der Waals surface area contributed by atoms with E-state index in [9.17, 15) is 0 Å². The van der Waals surface area contributed by atoms with Crippen molar-refractivity contribution in [3.05, 3.63) is 65.4 Å². The smallest absolute Gasteiger partial charge is 0.221 e. The molecule has 0 bridgehead atoms. The van der Waals surface area contributed by atoms with Crippen molar-refractivity contribution < 1.29 is 9.94 Å². The van der Waals surface area contributed by atoms with E-state index in [0.29, 0.717) is 5.69 Å². The van der Waals surface area contributed by atoms with Gasteiger partial charge in [0.1, 0.15) is 5.75 Å². The normalized spacial score (nSPS) is 14.0. The van der Waals surface area contributed by atoms with Crippen LogP contribution >= 0.6 is 24.8 Å². The molecule has 0 fully saturated rings. The molecule has 0 radical (unpaired) electrons. The Hall–Kier alpha value is -3.23. The number of oxime groups is 1. The quantitative estimate of drug-likeness (QED) is 0.244. The molecule has 4 rings (SSSR count). The van der Waals surface area contributed by atoms with Gasteiger partial charge in [-0.15, -0.1) is 24.8 Å². The van der Waals surface area contributed by atoms with Crippen LogP contribution in [0.3, 0.4) is 0 Å². The Kier molecular flexibility index (Phi) is 7.31. The standard InChI is InChI=1S/C20H20N6O2.2ClH/c1-28-18-8-3-2-5-15(18)17-11-26(20(22)23-17)24-16-10-9-12-13(16)6-4-7-14(12)19(21)25-27;;/h2-8,11,27H,9-10H2,1H3,(H2,21,25)(H2,22,23);2*1H. The van der Waals surface area contributed by atoms with Crippen molar-refractivity contribution in [2.24, 2.45) is 16.0 Å². The van der Waals surface area contributed by atoms with Crippen LogP contribution in [0.2, 0.25) is 0 Å². The summed E-state index contributed by atoms with van der Waals surface area (Å²) in [6.45, 7) is 0. The molecule has 1 aliphatic carbocycles. The minimum absolute atomic E-state index is 0. The highest BCUT2D eigenvalue weighted by Crippen LogP contribution is 2.30. The van der Waals surface area contributed by atoms with Crippen molar-refractivity contribution in [2.75, 3.05) is 12.8 Å². The lowest BCUT2D eigenvalue weighted by Crippen LogP contribution is -2.15. The number of aromatic nitrogens is 2. The van der Waals surface area contributed by atoms with Gasteiger partial charge in [-0.05, 0) is 30.5 Å². The molecule has 30 heavy (non-hydrogen) atoms. The fourth-order valence-electron chi connectivity index (χ4n) is 3.48. The molecule has 0 atom stereocenters. The van der Waals surface area contributed by atoms with Crippen LogP contribution in [0.25, 0.3) is 11.3 Å². The number of rotatable bonds is 4. The van der Waals surface area contributed by atoms with E-state index in [1.165, 1.54) is 0 Å². The number of halogens is 2. The van der Waals surface area contributed by atoms with E-state index in [1.807, 2.05) is 42.5 Å². The Morgan fingerprint density at radius 2 is 1.83 bits per heavy atom. The molecule has 2 aromatic carbocycles. The van der Waals surface area contributed by atoms with E-state index in [2.05, 4.69) is 15.2 Å². The van der Waals surface area contributed by atoms with Gasteiger partial charge < -0.3 is 21.4 Å². The number of anilines is 1. The summed E-state index contributed by atoms with van der Waals surface area (Å²) < 4.78 is 6.98. The average molecular weight is 449 g/mol. The molecule has 3 aromatic rings. The third kappa shape index (κ3) is 4.05. The number of para-hydroxylation sites is 1. The monoisotopic (exact) mass is 448 g/mol. The number of nitrogens with zero attached hydrogens (tertiary/aromatic N) is 4. The molecule has 0 aliphatic heterocycles. The minimum Gasteiger partial charge on any atom is -0.496 e. The lowest BCUT2D eigenvalue weighted by Gasteiger charge is -2.06. The van der Waals surface area contributed by atoms with Crippen LogP contribution in [0.5, 0.6) is 5.75 Å². The van der Waals surface area contributed by atoms with Crippen molar-refractivity contribution in [1.82, 2.24) is 9.66 Å². The summed E-state index contributed by atoms with van der Waals surface area (Å²) in [5, 5.41) is 16.8. The third-order valence-electron chi connectivity index (χ3n) is 4.81. The Labute approximate surface area is 186 Å². The summed E-state index contributed by atoms with van der Waals surface area (Å²) in [5.74, 6) is 1.10. The van der Waals surface area contributed by atoms with E-state index in [1.54, 1.807) is 18.0 Å². The fourth-order valence-corrected chi connectivity index (χ4v) is 3.48. The van der Waals surface area contributed by atoms with Crippen LogP contribution in [-0.2, 0) is 6.42 Å². The molecule has 0 spiro atoms. The molecule has 0 amide bonds. The van der Waals surface area contributed by atoms with Crippen LogP contribution in [-0.4, -0.2) is 33.5 Å². The maximum Gasteiger partial charge on any atom is 0.221 e. The van der Waals surface area contributed by atoms with Crippen molar-refractivity contribution in [3.63, 3.8) is 0 Å². The molecule has 1 aliphatic rings. The van der Waals surface area contributed by atoms with Gasteiger partial charge in [0, 0.05) is 16.7 Å². The number of imidazole rings is 1. The highest BCUT2D eigenvalue weighted by molar-refractivity contribution is 6.09. The second kappa shape index (κ2) is 9.51. The summed E-state index contributed by atoms with van der Waals surface area (Å²) in [4.78, 5) is 4.43. The first kappa shape index (κ1) is 23.1. The summed E-state index contributed by atoms with van der Waals surface area (Å²) in [5.41, 5.74) is 17.0. The molecule has 0 saturated carbocycles. The summed E-state index contributed by atoms with van der Waals surface area (Å²) in [7, 11) is 1.62.